The molecule has 5 nitrogen and oxygen atoms in total. The standard InChI is InChI=1S/C22H19ClF3N3O2/c1-14-18(12-19(31-14)15-2-5-17(23)6-3-15)21(30)29-10-8-28(9-11-29)20-7-4-16(13-27-20)22(24,25)26/h2-7,12-13H,8-11H2,1H3. The van der Waals surface area contributed by atoms with E-state index in [2.05, 4.69) is 4.98 Å². The Bertz CT molecular complexity index is 1070. The number of rotatable bonds is 3. The third kappa shape index (κ3) is 4.54. The van der Waals surface area contributed by atoms with Crippen LogP contribution in [0, 0.1) is 6.92 Å². The number of amides is 1. The highest BCUT2D eigenvalue weighted by Crippen LogP contribution is 2.30. The van der Waals surface area contributed by atoms with E-state index >= 15 is 0 Å². The van der Waals surface area contributed by atoms with Crippen molar-refractivity contribution in [3.05, 3.63) is 70.6 Å². The second kappa shape index (κ2) is 8.26. The maximum Gasteiger partial charge on any atom is 0.417 e. The van der Waals surface area contributed by atoms with Crippen LogP contribution < -0.4 is 4.90 Å². The van der Waals surface area contributed by atoms with Gasteiger partial charge in [0.05, 0.1) is 11.1 Å². The van der Waals surface area contributed by atoms with Crippen LogP contribution >= 0.6 is 11.6 Å². The SMILES string of the molecule is Cc1oc(-c2ccc(Cl)cc2)cc1C(=O)N1CCN(c2ccc(C(F)(F)F)cn2)CC1. The highest BCUT2D eigenvalue weighted by atomic mass is 35.5. The molecule has 0 radical (unpaired) electrons. The molecule has 0 unspecified atom stereocenters. The number of aromatic nitrogens is 1. The Morgan fingerprint density at radius 3 is 2.32 bits per heavy atom. The normalized spacial score (nSPS) is 14.7. The van der Waals surface area contributed by atoms with Crippen molar-refractivity contribution in [2.24, 2.45) is 0 Å². The number of halogens is 4. The summed E-state index contributed by atoms with van der Waals surface area (Å²) in [4.78, 5) is 20.5. The summed E-state index contributed by atoms with van der Waals surface area (Å²) >= 11 is 5.92. The lowest BCUT2D eigenvalue weighted by Gasteiger charge is -2.35. The summed E-state index contributed by atoms with van der Waals surface area (Å²) in [5.41, 5.74) is 0.535. The Morgan fingerprint density at radius 1 is 1.06 bits per heavy atom. The van der Waals surface area contributed by atoms with Crippen molar-refractivity contribution in [1.29, 1.82) is 0 Å². The molecule has 0 saturated carbocycles. The number of piperazine rings is 1. The molecule has 1 aliphatic heterocycles. The molecule has 1 aromatic carbocycles. The number of furan rings is 1. The van der Waals surface area contributed by atoms with Crippen molar-refractivity contribution in [3.63, 3.8) is 0 Å². The van der Waals surface area contributed by atoms with Crippen molar-refractivity contribution < 1.29 is 22.4 Å². The van der Waals surface area contributed by atoms with Gasteiger partial charge in [-0.2, -0.15) is 13.2 Å². The van der Waals surface area contributed by atoms with Gasteiger partial charge in [0.25, 0.3) is 5.91 Å². The average molecular weight is 450 g/mol. The number of carbonyl (C=O) groups excluding carboxylic acids is 1. The summed E-state index contributed by atoms with van der Waals surface area (Å²) in [6.07, 6.45) is -3.58. The first kappa shape index (κ1) is 21.2. The Hall–Kier alpha value is -3.00. The Labute approximate surface area is 182 Å². The molecule has 0 spiro atoms. The van der Waals surface area contributed by atoms with Gasteiger partial charge >= 0.3 is 6.18 Å². The predicted octanol–water partition coefficient (Wildman–Crippen LogP) is 5.28. The highest BCUT2D eigenvalue weighted by molar-refractivity contribution is 6.30. The van der Waals surface area contributed by atoms with Gasteiger partial charge in [0.15, 0.2) is 0 Å². The van der Waals surface area contributed by atoms with Gasteiger partial charge in [-0.1, -0.05) is 11.6 Å². The highest BCUT2D eigenvalue weighted by Gasteiger charge is 2.31. The fourth-order valence-electron chi connectivity index (χ4n) is 3.50. The number of nitrogens with zero attached hydrogens (tertiary/aromatic N) is 3. The molecule has 3 heterocycles. The molecule has 1 saturated heterocycles. The second-order valence-electron chi connectivity index (χ2n) is 7.27. The first-order valence-electron chi connectivity index (χ1n) is 9.66. The zero-order valence-electron chi connectivity index (χ0n) is 16.6. The summed E-state index contributed by atoms with van der Waals surface area (Å²) < 4.78 is 43.9. The molecule has 31 heavy (non-hydrogen) atoms. The Balaban J connectivity index is 1.42. The molecule has 1 fully saturated rings. The number of hydrogen-bond donors (Lipinski definition) is 0. The van der Waals surface area contributed by atoms with Gasteiger partial charge < -0.3 is 14.2 Å². The van der Waals surface area contributed by atoms with Gasteiger partial charge in [-0.15, -0.1) is 0 Å². The molecule has 1 amide bonds. The third-order valence-corrected chi connectivity index (χ3v) is 5.49. The molecule has 1 aliphatic rings. The fraction of sp³-hybridized carbons (Fsp3) is 0.273. The molecule has 0 N–H and O–H groups in total. The Morgan fingerprint density at radius 2 is 1.74 bits per heavy atom. The molecular formula is C22H19ClF3N3O2. The summed E-state index contributed by atoms with van der Waals surface area (Å²) in [5, 5.41) is 0.615. The fourth-order valence-corrected chi connectivity index (χ4v) is 3.63. The number of benzene rings is 1. The van der Waals surface area contributed by atoms with Crippen molar-refractivity contribution in [1.82, 2.24) is 9.88 Å². The Kier molecular flexibility index (Phi) is 5.66. The topological polar surface area (TPSA) is 49.6 Å². The smallest absolute Gasteiger partial charge is 0.417 e. The summed E-state index contributed by atoms with van der Waals surface area (Å²) in [7, 11) is 0. The third-order valence-electron chi connectivity index (χ3n) is 5.24. The monoisotopic (exact) mass is 449 g/mol. The lowest BCUT2D eigenvalue weighted by atomic mass is 10.1. The molecule has 3 aromatic rings. The maximum absolute atomic E-state index is 13.0. The molecule has 4 rings (SSSR count). The minimum atomic E-state index is -4.41. The molecule has 9 heteroatoms. The largest absolute Gasteiger partial charge is 0.461 e. The van der Waals surface area contributed by atoms with Crippen LogP contribution in [0.3, 0.4) is 0 Å². The summed E-state index contributed by atoms with van der Waals surface area (Å²) in [6, 6.07) is 11.3. The number of alkyl halides is 3. The van der Waals surface area contributed by atoms with Crippen LogP contribution in [0.25, 0.3) is 11.3 Å². The minimum Gasteiger partial charge on any atom is -0.461 e. The van der Waals surface area contributed by atoms with E-state index in [1.165, 1.54) is 6.07 Å². The number of pyridine rings is 1. The summed E-state index contributed by atoms with van der Waals surface area (Å²) in [6.45, 7) is 3.57. The van der Waals surface area contributed by atoms with Crippen molar-refractivity contribution >= 4 is 23.3 Å². The number of hydrogen-bond acceptors (Lipinski definition) is 4. The zero-order valence-corrected chi connectivity index (χ0v) is 17.4. The second-order valence-corrected chi connectivity index (χ2v) is 7.71. The lowest BCUT2D eigenvalue weighted by molar-refractivity contribution is -0.137. The van der Waals surface area contributed by atoms with Crippen LogP contribution in [0.4, 0.5) is 19.0 Å². The lowest BCUT2D eigenvalue weighted by Crippen LogP contribution is -2.49. The van der Waals surface area contributed by atoms with Crippen molar-refractivity contribution in [2.45, 2.75) is 13.1 Å². The maximum atomic E-state index is 13.0. The van der Waals surface area contributed by atoms with Gasteiger partial charge in [-0.05, 0) is 49.4 Å². The first-order chi connectivity index (χ1) is 14.7. The van der Waals surface area contributed by atoms with E-state index in [1.807, 2.05) is 17.0 Å². The van der Waals surface area contributed by atoms with E-state index in [-0.39, 0.29) is 5.91 Å². The minimum absolute atomic E-state index is 0.138. The van der Waals surface area contributed by atoms with Crippen LogP contribution in [-0.4, -0.2) is 42.0 Å². The first-order valence-corrected chi connectivity index (χ1v) is 10.0. The average Bonchev–Trinajstić information content (AvgIpc) is 3.15. The van der Waals surface area contributed by atoms with Crippen LogP contribution in [0.15, 0.2) is 53.1 Å². The van der Waals surface area contributed by atoms with Crippen LogP contribution in [0.1, 0.15) is 21.7 Å². The van der Waals surface area contributed by atoms with E-state index in [4.69, 9.17) is 16.0 Å². The van der Waals surface area contributed by atoms with E-state index in [0.717, 1.165) is 17.8 Å². The molecular weight excluding hydrogens is 431 g/mol. The molecule has 162 valence electrons. The van der Waals surface area contributed by atoms with Crippen LogP contribution in [0.5, 0.6) is 0 Å². The van der Waals surface area contributed by atoms with Gasteiger partial charge in [0.2, 0.25) is 0 Å². The summed E-state index contributed by atoms with van der Waals surface area (Å²) in [5.74, 6) is 1.44. The number of anilines is 1. The van der Waals surface area contributed by atoms with Gasteiger partial charge in [-0.3, -0.25) is 4.79 Å². The van der Waals surface area contributed by atoms with E-state index < -0.39 is 11.7 Å². The van der Waals surface area contributed by atoms with E-state index in [0.29, 0.717) is 54.1 Å². The van der Waals surface area contributed by atoms with E-state index in [1.54, 1.807) is 30.0 Å². The molecule has 0 aliphatic carbocycles. The molecule has 2 aromatic heterocycles. The number of carbonyl (C=O) groups is 1. The van der Waals surface area contributed by atoms with Crippen LogP contribution in [-0.2, 0) is 6.18 Å². The quantitative estimate of drug-likeness (QED) is 0.545. The van der Waals surface area contributed by atoms with Crippen LogP contribution in [0.2, 0.25) is 5.02 Å². The number of aryl methyl sites for hydroxylation is 1. The van der Waals surface area contributed by atoms with Crippen molar-refractivity contribution in [3.8, 4) is 11.3 Å². The molecule has 0 bridgehead atoms. The van der Waals surface area contributed by atoms with Crippen molar-refractivity contribution in [2.75, 3.05) is 31.1 Å². The van der Waals surface area contributed by atoms with E-state index in [9.17, 15) is 18.0 Å². The predicted molar refractivity (Wildman–Crippen MR) is 111 cm³/mol. The zero-order chi connectivity index (χ0) is 22.2. The van der Waals surface area contributed by atoms with Gasteiger partial charge in [-0.25, -0.2) is 4.98 Å². The van der Waals surface area contributed by atoms with Gasteiger partial charge in [0.1, 0.15) is 17.3 Å². The van der Waals surface area contributed by atoms with Gasteiger partial charge in [0, 0.05) is 43.0 Å². The molecule has 0 atom stereocenters.